The Morgan fingerprint density at radius 1 is 0.225 bits per heavy atom. The molecule has 0 amide bonds. The number of para-hydroxylation sites is 2. The Bertz CT molecular complexity index is 3970. The molecule has 2 aliphatic rings. The first-order chi connectivity index (χ1) is 35.2. The summed E-state index contributed by atoms with van der Waals surface area (Å²) in [5.41, 5.74) is 21.6. The van der Waals surface area contributed by atoms with Crippen LogP contribution in [-0.4, -0.2) is 0 Å². The lowest BCUT2D eigenvalue weighted by atomic mass is 9.70. The maximum absolute atomic E-state index is 2.48. The van der Waals surface area contributed by atoms with Gasteiger partial charge in [0, 0.05) is 34.1 Å². The van der Waals surface area contributed by atoms with Crippen molar-refractivity contribution in [3.05, 3.63) is 301 Å². The standard InChI is InChI=1S/C69H46N2/c1-3-18-54(19-4-1)70(58-41-35-47-15-7-8-17-53(47)45-58)56-37-31-50(32-38-56)48-27-29-49(30-28-48)51-33-39-57(40-34-51)71(55-20-5-2-6-21-55)59-42-43-62-61-23-11-13-25-64(61)69(67(62)46-59)65-26-14-12-24-63(65)68-60-22-10-9-16-52(60)36-44-66(68)69/h1-46H. The highest BCUT2D eigenvalue weighted by Gasteiger charge is 2.52. The number of nitrogens with zero attached hydrogens (tertiary/aromatic N) is 2. The van der Waals surface area contributed by atoms with Crippen molar-refractivity contribution in [2.75, 3.05) is 9.80 Å². The lowest BCUT2D eigenvalue weighted by Crippen LogP contribution is -2.26. The summed E-state index contributed by atoms with van der Waals surface area (Å²) in [4.78, 5) is 4.74. The van der Waals surface area contributed by atoms with Gasteiger partial charge in [-0.1, -0.05) is 206 Å². The predicted molar refractivity (Wildman–Crippen MR) is 298 cm³/mol. The Morgan fingerprint density at radius 3 is 1.25 bits per heavy atom. The van der Waals surface area contributed by atoms with E-state index in [1.54, 1.807) is 0 Å². The zero-order chi connectivity index (χ0) is 46.9. The first-order valence-electron chi connectivity index (χ1n) is 24.6. The third-order valence-electron chi connectivity index (χ3n) is 15.0. The zero-order valence-electron chi connectivity index (χ0n) is 39.0. The van der Waals surface area contributed by atoms with E-state index >= 15 is 0 Å². The van der Waals surface area contributed by atoms with Crippen molar-refractivity contribution in [3.63, 3.8) is 0 Å². The van der Waals surface area contributed by atoms with Gasteiger partial charge in [0.1, 0.15) is 0 Å². The van der Waals surface area contributed by atoms with E-state index in [0.29, 0.717) is 0 Å². The number of rotatable bonds is 8. The monoisotopic (exact) mass is 902 g/mol. The highest BCUT2D eigenvalue weighted by atomic mass is 15.1. The number of hydrogen-bond acceptors (Lipinski definition) is 2. The van der Waals surface area contributed by atoms with E-state index in [4.69, 9.17) is 0 Å². The summed E-state index contributed by atoms with van der Waals surface area (Å²) in [6, 6.07) is 103. The van der Waals surface area contributed by atoms with Crippen LogP contribution in [0.2, 0.25) is 0 Å². The lowest BCUT2D eigenvalue weighted by molar-refractivity contribution is 0.794. The molecule has 0 fully saturated rings. The molecule has 1 unspecified atom stereocenters. The SMILES string of the molecule is c1ccc(N(c2ccc(-c3ccc(-c4ccc(N(c5ccccc5)c5ccc6ccccc6c5)cc4)cc3)cc2)c2ccc3c(c2)C2(c4ccccc4-3)c3ccccc3-c3c2ccc2ccccc32)cc1. The van der Waals surface area contributed by atoms with Crippen molar-refractivity contribution >= 4 is 55.7 Å². The summed E-state index contributed by atoms with van der Waals surface area (Å²) in [6.07, 6.45) is 0. The van der Waals surface area contributed by atoms with Gasteiger partial charge in [-0.25, -0.2) is 0 Å². The molecule has 0 aliphatic heterocycles. The smallest absolute Gasteiger partial charge is 0.0726 e. The fraction of sp³-hybridized carbons (Fsp3) is 0.0145. The number of fused-ring (bicyclic) bond motifs is 13. The average molecular weight is 903 g/mol. The Kier molecular flexibility index (Phi) is 9.47. The van der Waals surface area contributed by atoms with Crippen molar-refractivity contribution in [1.29, 1.82) is 0 Å². The molecular weight excluding hydrogens is 857 g/mol. The van der Waals surface area contributed by atoms with Gasteiger partial charge in [0.05, 0.1) is 5.41 Å². The second kappa shape index (κ2) is 16.5. The van der Waals surface area contributed by atoms with Gasteiger partial charge >= 0.3 is 0 Å². The molecule has 12 aromatic carbocycles. The van der Waals surface area contributed by atoms with Crippen molar-refractivity contribution < 1.29 is 0 Å². The topological polar surface area (TPSA) is 6.48 Å². The summed E-state index contributed by atoms with van der Waals surface area (Å²) in [5, 5.41) is 5.03. The minimum atomic E-state index is -0.460. The van der Waals surface area contributed by atoms with Gasteiger partial charge in [-0.05, 0) is 161 Å². The number of benzene rings is 12. The van der Waals surface area contributed by atoms with Crippen molar-refractivity contribution in [3.8, 4) is 44.5 Å². The van der Waals surface area contributed by atoms with Crippen LogP contribution >= 0.6 is 0 Å². The minimum absolute atomic E-state index is 0.460. The summed E-state index contributed by atoms with van der Waals surface area (Å²) < 4.78 is 0. The molecule has 1 atom stereocenters. The molecule has 0 saturated heterocycles. The third kappa shape index (κ3) is 6.49. The van der Waals surface area contributed by atoms with Gasteiger partial charge in [0.15, 0.2) is 0 Å². The molecule has 2 nitrogen and oxygen atoms in total. The maximum atomic E-state index is 2.48. The molecule has 0 aromatic heterocycles. The number of hydrogen-bond donors (Lipinski definition) is 0. The molecule has 2 aliphatic carbocycles. The second-order valence-electron chi connectivity index (χ2n) is 18.8. The first kappa shape index (κ1) is 40.8. The van der Waals surface area contributed by atoms with Crippen LogP contribution in [0.25, 0.3) is 66.1 Å². The quantitative estimate of drug-likeness (QED) is 0.150. The first-order valence-corrected chi connectivity index (χ1v) is 24.6. The molecule has 0 N–H and O–H groups in total. The van der Waals surface area contributed by atoms with Crippen molar-refractivity contribution in [1.82, 2.24) is 0 Å². The summed E-state index contributed by atoms with van der Waals surface area (Å²) >= 11 is 0. The summed E-state index contributed by atoms with van der Waals surface area (Å²) in [5.74, 6) is 0. The van der Waals surface area contributed by atoms with E-state index in [0.717, 1.165) is 34.1 Å². The maximum Gasteiger partial charge on any atom is 0.0726 e. The van der Waals surface area contributed by atoms with Crippen LogP contribution in [0.5, 0.6) is 0 Å². The fourth-order valence-electron chi connectivity index (χ4n) is 11.9. The fourth-order valence-corrected chi connectivity index (χ4v) is 11.9. The Morgan fingerprint density at radius 2 is 0.634 bits per heavy atom. The van der Waals surface area contributed by atoms with Gasteiger partial charge in [-0.15, -0.1) is 0 Å². The molecule has 1 spiro atoms. The largest absolute Gasteiger partial charge is 0.310 e. The van der Waals surface area contributed by atoms with Gasteiger partial charge in [0.2, 0.25) is 0 Å². The highest BCUT2D eigenvalue weighted by molar-refractivity contribution is 6.06. The van der Waals surface area contributed by atoms with Crippen molar-refractivity contribution in [2.24, 2.45) is 0 Å². The summed E-state index contributed by atoms with van der Waals surface area (Å²) in [7, 11) is 0. The summed E-state index contributed by atoms with van der Waals surface area (Å²) in [6.45, 7) is 0. The Labute approximate surface area is 414 Å². The van der Waals surface area contributed by atoms with Gasteiger partial charge in [-0.2, -0.15) is 0 Å². The second-order valence-corrected chi connectivity index (χ2v) is 18.8. The van der Waals surface area contributed by atoms with Crippen LogP contribution in [-0.2, 0) is 5.41 Å². The van der Waals surface area contributed by atoms with E-state index in [9.17, 15) is 0 Å². The molecule has 71 heavy (non-hydrogen) atoms. The molecule has 0 bridgehead atoms. The van der Waals surface area contributed by atoms with Crippen molar-refractivity contribution in [2.45, 2.75) is 5.41 Å². The Balaban J connectivity index is 0.803. The number of anilines is 6. The molecule has 14 rings (SSSR count). The lowest BCUT2D eigenvalue weighted by Gasteiger charge is -2.32. The molecule has 0 radical (unpaired) electrons. The minimum Gasteiger partial charge on any atom is -0.310 e. The predicted octanol–water partition coefficient (Wildman–Crippen LogP) is 18.6. The highest BCUT2D eigenvalue weighted by Crippen LogP contribution is 2.64. The normalized spacial score (nSPS) is 14.0. The van der Waals surface area contributed by atoms with Gasteiger partial charge in [-0.3, -0.25) is 0 Å². The molecule has 12 aromatic rings. The molecule has 2 heteroatoms. The molecule has 0 saturated carbocycles. The van der Waals surface area contributed by atoms with Gasteiger partial charge in [0.25, 0.3) is 0 Å². The van der Waals surface area contributed by atoms with E-state index in [2.05, 4.69) is 289 Å². The molecular formula is C69H46N2. The van der Waals surface area contributed by atoms with Crippen LogP contribution in [0.1, 0.15) is 22.3 Å². The third-order valence-corrected chi connectivity index (χ3v) is 15.0. The molecule has 0 heterocycles. The zero-order valence-corrected chi connectivity index (χ0v) is 39.0. The Hall–Kier alpha value is -9.24. The average Bonchev–Trinajstić information content (AvgIpc) is 3.92. The van der Waals surface area contributed by atoms with Crippen LogP contribution in [0.15, 0.2) is 279 Å². The van der Waals surface area contributed by atoms with E-state index in [1.807, 2.05) is 0 Å². The van der Waals surface area contributed by atoms with E-state index in [1.165, 1.54) is 88.3 Å². The van der Waals surface area contributed by atoms with E-state index < -0.39 is 5.41 Å². The van der Waals surface area contributed by atoms with E-state index in [-0.39, 0.29) is 0 Å². The van der Waals surface area contributed by atoms with Gasteiger partial charge < -0.3 is 9.80 Å². The molecule has 332 valence electrons. The van der Waals surface area contributed by atoms with Crippen LogP contribution < -0.4 is 9.80 Å². The van der Waals surface area contributed by atoms with Crippen LogP contribution in [0, 0.1) is 0 Å². The van der Waals surface area contributed by atoms with Crippen LogP contribution in [0.4, 0.5) is 34.1 Å². The van der Waals surface area contributed by atoms with Crippen LogP contribution in [0.3, 0.4) is 0 Å².